The van der Waals surface area contributed by atoms with E-state index in [4.69, 9.17) is 14.2 Å². The maximum absolute atomic E-state index is 12.9. The summed E-state index contributed by atoms with van der Waals surface area (Å²) in [6.45, 7) is 6.69. The summed E-state index contributed by atoms with van der Waals surface area (Å²) in [5, 5.41) is 0. The predicted octanol–water partition coefficient (Wildman–Crippen LogP) is 24.6. The molecule has 0 aromatic rings. The van der Waals surface area contributed by atoms with Gasteiger partial charge in [0.2, 0.25) is 0 Å². The molecule has 79 heavy (non-hydrogen) atoms. The van der Waals surface area contributed by atoms with Crippen LogP contribution in [0.3, 0.4) is 0 Å². The molecule has 1 unspecified atom stereocenters. The van der Waals surface area contributed by atoms with Crippen LogP contribution >= 0.6 is 0 Å². The molecule has 0 radical (unpaired) electrons. The van der Waals surface area contributed by atoms with E-state index in [1.54, 1.807) is 0 Å². The number of allylic oxidation sites excluding steroid dienone is 4. The van der Waals surface area contributed by atoms with E-state index in [9.17, 15) is 14.4 Å². The standard InChI is InChI=1S/C73H138O6/c1-4-7-10-13-16-19-22-25-27-29-31-33-35-36-37-39-40-42-44-46-48-51-54-57-60-63-66-72(75)78-69-70(68-77-71(74)65-62-59-56-53-50-24-21-18-15-12-9-6-3)79-73(76)67-64-61-58-55-52-49-47-45-43-41-38-34-32-30-28-26-23-20-17-14-11-8-5-2/h18,21,30,32,70H,4-17,19-20,22-29,31,33-69H2,1-3H3/b21-18-,32-30-. The third kappa shape index (κ3) is 66.6. The summed E-state index contributed by atoms with van der Waals surface area (Å²) in [5.74, 6) is -0.849. The van der Waals surface area contributed by atoms with Crippen LogP contribution in [-0.4, -0.2) is 37.2 Å². The summed E-state index contributed by atoms with van der Waals surface area (Å²) in [7, 11) is 0. The molecule has 6 heteroatoms. The first-order chi connectivity index (χ1) is 39.0. The summed E-state index contributed by atoms with van der Waals surface area (Å²) >= 11 is 0. The van der Waals surface area contributed by atoms with Crippen LogP contribution in [0.1, 0.15) is 406 Å². The van der Waals surface area contributed by atoms with E-state index in [2.05, 4.69) is 45.1 Å². The quantitative estimate of drug-likeness (QED) is 0.0261. The van der Waals surface area contributed by atoms with Gasteiger partial charge in [-0.25, -0.2) is 0 Å². The minimum Gasteiger partial charge on any atom is -0.462 e. The number of ether oxygens (including phenoxy) is 3. The Morgan fingerprint density at radius 2 is 0.418 bits per heavy atom. The van der Waals surface area contributed by atoms with Crippen LogP contribution in [0.15, 0.2) is 24.3 Å². The Morgan fingerprint density at radius 1 is 0.241 bits per heavy atom. The molecular weight excluding hydrogens is 973 g/mol. The highest BCUT2D eigenvalue weighted by Crippen LogP contribution is 2.19. The van der Waals surface area contributed by atoms with Crippen LogP contribution in [0.5, 0.6) is 0 Å². The lowest BCUT2D eigenvalue weighted by Crippen LogP contribution is -2.30. The van der Waals surface area contributed by atoms with E-state index in [-0.39, 0.29) is 31.1 Å². The topological polar surface area (TPSA) is 78.9 Å². The summed E-state index contributed by atoms with van der Waals surface area (Å²) in [4.78, 5) is 38.4. The van der Waals surface area contributed by atoms with Crippen molar-refractivity contribution >= 4 is 17.9 Å². The van der Waals surface area contributed by atoms with E-state index in [0.29, 0.717) is 19.3 Å². The molecular formula is C73H138O6. The van der Waals surface area contributed by atoms with Gasteiger partial charge in [0.05, 0.1) is 0 Å². The predicted molar refractivity (Wildman–Crippen MR) is 344 cm³/mol. The lowest BCUT2D eigenvalue weighted by molar-refractivity contribution is -0.167. The second-order valence-electron chi connectivity index (χ2n) is 24.5. The Morgan fingerprint density at radius 3 is 0.658 bits per heavy atom. The van der Waals surface area contributed by atoms with Crippen LogP contribution in [-0.2, 0) is 28.6 Å². The van der Waals surface area contributed by atoms with Gasteiger partial charge in [0, 0.05) is 19.3 Å². The van der Waals surface area contributed by atoms with Crippen molar-refractivity contribution < 1.29 is 28.6 Å². The van der Waals surface area contributed by atoms with Gasteiger partial charge in [0.1, 0.15) is 13.2 Å². The highest BCUT2D eigenvalue weighted by molar-refractivity contribution is 5.71. The molecule has 0 aromatic carbocycles. The van der Waals surface area contributed by atoms with Crippen molar-refractivity contribution in [1.82, 2.24) is 0 Å². The van der Waals surface area contributed by atoms with Gasteiger partial charge < -0.3 is 14.2 Å². The van der Waals surface area contributed by atoms with Crippen LogP contribution in [0.4, 0.5) is 0 Å². The van der Waals surface area contributed by atoms with Crippen molar-refractivity contribution in [2.24, 2.45) is 0 Å². The van der Waals surface area contributed by atoms with Crippen LogP contribution in [0, 0.1) is 0 Å². The summed E-state index contributed by atoms with van der Waals surface area (Å²) in [6.07, 6.45) is 83.6. The molecule has 0 aromatic heterocycles. The zero-order chi connectivity index (χ0) is 57.1. The van der Waals surface area contributed by atoms with E-state index in [1.165, 1.54) is 302 Å². The summed E-state index contributed by atoms with van der Waals surface area (Å²) in [6, 6.07) is 0. The number of unbranched alkanes of at least 4 members (excludes halogenated alkanes) is 52. The van der Waals surface area contributed by atoms with Crippen LogP contribution < -0.4 is 0 Å². The van der Waals surface area contributed by atoms with Gasteiger partial charge in [-0.3, -0.25) is 14.4 Å². The molecule has 0 bridgehead atoms. The maximum atomic E-state index is 12.9. The average Bonchev–Trinajstić information content (AvgIpc) is 3.45. The monoisotopic (exact) mass is 1110 g/mol. The number of carbonyl (C=O) groups excluding carboxylic acids is 3. The van der Waals surface area contributed by atoms with Gasteiger partial charge in [-0.15, -0.1) is 0 Å². The van der Waals surface area contributed by atoms with Crippen molar-refractivity contribution in [2.45, 2.75) is 412 Å². The highest BCUT2D eigenvalue weighted by atomic mass is 16.6. The molecule has 0 fully saturated rings. The molecule has 0 heterocycles. The first-order valence-corrected chi connectivity index (χ1v) is 35.8. The minimum absolute atomic E-state index is 0.0686. The number of rotatable bonds is 67. The molecule has 0 N–H and O–H groups in total. The van der Waals surface area contributed by atoms with E-state index in [0.717, 1.165) is 64.2 Å². The SMILES string of the molecule is CCCCC/C=C\CCCCCCCC(=O)OCC(COC(=O)CCCCCCCCCCCCCCCCCCCCCCCCCCCC)OC(=O)CCCCCCCCCCCCC/C=C\CCCCCCCCCC. The van der Waals surface area contributed by atoms with Gasteiger partial charge in [-0.2, -0.15) is 0 Å². The average molecular weight is 1110 g/mol. The Bertz CT molecular complexity index is 1270. The van der Waals surface area contributed by atoms with Gasteiger partial charge >= 0.3 is 17.9 Å². The third-order valence-corrected chi connectivity index (χ3v) is 16.4. The van der Waals surface area contributed by atoms with Crippen molar-refractivity contribution in [2.75, 3.05) is 13.2 Å². The molecule has 0 aliphatic rings. The fourth-order valence-electron chi connectivity index (χ4n) is 11.0. The van der Waals surface area contributed by atoms with Crippen molar-refractivity contribution in [3.8, 4) is 0 Å². The normalized spacial score (nSPS) is 12.1. The Hall–Kier alpha value is -2.11. The third-order valence-electron chi connectivity index (χ3n) is 16.4. The van der Waals surface area contributed by atoms with Gasteiger partial charge in [0.25, 0.3) is 0 Å². The number of hydrogen-bond donors (Lipinski definition) is 0. The smallest absolute Gasteiger partial charge is 0.306 e. The molecule has 6 nitrogen and oxygen atoms in total. The largest absolute Gasteiger partial charge is 0.462 e. The summed E-state index contributed by atoms with van der Waals surface area (Å²) in [5.41, 5.74) is 0. The Labute approximate surface area is 493 Å². The lowest BCUT2D eigenvalue weighted by atomic mass is 10.0. The van der Waals surface area contributed by atoms with Crippen molar-refractivity contribution in [3.63, 3.8) is 0 Å². The fraction of sp³-hybridized carbons (Fsp3) is 0.904. The van der Waals surface area contributed by atoms with Crippen LogP contribution in [0.2, 0.25) is 0 Å². The molecule has 0 saturated carbocycles. The molecule has 1 atom stereocenters. The Kier molecular flexibility index (Phi) is 66.6. The minimum atomic E-state index is -0.773. The fourth-order valence-corrected chi connectivity index (χ4v) is 11.0. The molecule has 0 spiro atoms. The number of carbonyl (C=O) groups is 3. The van der Waals surface area contributed by atoms with Gasteiger partial charge in [-0.1, -0.05) is 340 Å². The molecule has 0 amide bonds. The second kappa shape index (κ2) is 68.4. The van der Waals surface area contributed by atoms with Crippen molar-refractivity contribution in [1.29, 1.82) is 0 Å². The van der Waals surface area contributed by atoms with E-state index in [1.807, 2.05) is 0 Å². The second-order valence-corrected chi connectivity index (χ2v) is 24.5. The van der Waals surface area contributed by atoms with Crippen molar-refractivity contribution in [3.05, 3.63) is 24.3 Å². The van der Waals surface area contributed by atoms with Gasteiger partial charge in [0.15, 0.2) is 6.10 Å². The van der Waals surface area contributed by atoms with E-state index < -0.39 is 6.10 Å². The Balaban J connectivity index is 4.18. The van der Waals surface area contributed by atoms with Gasteiger partial charge in [-0.05, 0) is 70.6 Å². The molecule has 0 saturated heterocycles. The lowest BCUT2D eigenvalue weighted by Gasteiger charge is -2.18. The number of hydrogen-bond acceptors (Lipinski definition) is 6. The maximum Gasteiger partial charge on any atom is 0.306 e. The molecule has 0 rings (SSSR count). The number of esters is 3. The zero-order valence-corrected chi connectivity index (χ0v) is 53.7. The van der Waals surface area contributed by atoms with Crippen LogP contribution in [0.25, 0.3) is 0 Å². The molecule has 0 aliphatic heterocycles. The first kappa shape index (κ1) is 76.9. The summed E-state index contributed by atoms with van der Waals surface area (Å²) < 4.78 is 17.0. The molecule has 466 valence electrons. The first-order valence-electron chi connectivity index (χ1n) is 35.8. The highest BCUT2D eigenvalue weighted by Gasteiger charge is 2.19. The van der Waals surface area contributed by atoms with E-state index >= 15 is 0 Å². The molecule has 0 aliphatic carbocycles. The zero-order valence-electron chi connectivity index (χ0n) is 53.7.